The number of H-pyrrole nitrogens is 1. The van der Waals surface area contributed by atoms with Crippen molar-refractivity contribution in [2.24, 2.45) is 0 Å². The van der Waals surface area contributed by atoms with E-state index in [9.17, 15) is 4.79 Å². The molecular formula is C17H17N3O. The molecule has 4 N–H and O–H groups in total. The number of fused-ring (bicyclic) bond motifs is 1. The fraction of sp³-hybridized carbons (Fsp3) is 0.118. The van der Waals surface area contributed by atoms with Gasteiger partial charge in [0.15, 0.2) is 0 Å². The average Bonchev–Trinajstić information content (AvgIpc) is 2.85. The summed E-state index contributed by atoms with van der Waals surface area (Å²) in [6.45, 7) is 4.01. The van der Waals surface area contributed by atoms with Gasteiger partial charge in [-0.25, -0.2) is 0 Å². The molecule has 4 heteroatoms. The predicted molar refractivity (Wildman–Crippen MR) is 86.6 cm³/mol. The first-order chi connectivity index (χ1) is 10.0. The number of amides is 1. The van der Waals surface area contributed by atoms with Gasteiger partial charge in [-0.3, -0.25) is 4.79 Å². The summed E-state index contributed by atoms with van der Waals surface area (Å²) in [5.74, 6) is -0.140. The van der Waals surface area contributed by atoms with Gasteiger partial charge in [0.05, 0.1) is 5.56 Å². The number of nitrogens with two attached hydrogens (primary N) is 1. The monoisotopic (exact) mass is 279 g/mol. The zero-order chi connectivity index (χ0) is 15.0. The van der Waals surface area contributed by atoms with Crippen LogP contribution in [0, 0.1) is 13.8 Å². The lowest BCUT2D eigenvalue weighted by Crippen LogP contribution is -2.12. The summed E-state index contributed by atoms with van der Waals surface area (Å²) in [7, 11) is 0. The van der Waals surface area contributed by atoms with Crippen LogP contribution in [0.15, 0.2) is 42.6 Å². The average molecular weight is 279 g/mol. The Balaban J connectivity index is 1.95. The van der Waals surface area contributed by atoms with E-state index in [-0.39, 0.29) is 5.91 Å². The van der Waals surface area contributed by atoms with Gasteiger partial charge in [-0.05, 0) is 43.7 Å². The third kappa shape index (κ3) is 2.48. The van der Waals surface area contributed by atoms with Crippen LogP contribution in [0.5, 0.6) is 0 Å². The Morgan fingerprint density at radius 2 is 1.95 bits per heavy atom. The van der Waals surface area contributed by atoms with Gasteiger partial charge in [0.25, 0.3) is 5.91 Å². The van der Waals surface area contributed by atoms with Crippen LogP contribution in [0.2, 0.25) is 0 Å². The maximum Gasteiger partial charge on any atom is 0.257 e. The van der Waals surface area contributed by atoms with Crippen molar-refractivity contribution in [3.05, 3.63) is 59.3 Å². The summed E-state index contributed by atoms with van der Waals surface area (Å²) in [6, 6.07) is 11.4. The van der Waals surface area contributed by atoms with E-state index in [1.165, 1.54) is 5.56 Å². The number of anilines is 2. The highest BCUT2D eigenvalue weighted by Gasteiger charge is 2.13. The lowest BCUT2D eigenvalue weighted by Gasteiger charge is -2.08. The Hall–Kier alpha value is -2.75. The van der Waals surface area contributed by atoms with Crippen LogP contribution in [-0.4, -0.2) is 10.9 Å². The van der Waals surface area contributed by atoms with Gasteiger partial charge in [-0.15, -0.1) is 0 Å². The normalized spacial score (nSPS) is 10.8. The molecule has 3 rings (SSSR count). The molecule has 4 nitrogen and oxygen atoms in total. The molecule has 1 aromatic heterocycles. The molecule has 0 radical (unpaired) electrons. The number of hydrogen-bond acceptors (Lipinski definition) is 2. The Bertz CT molecular complexity index is 833. The Morgan fingerprint density at radius 3 is 2.71 bits per heavy atom. The molecule has 0 saturated carbocycles. The number of aromatic amines is 1. The molecule has 1 amide bonds. The van der Waals surface area contributed by atoms with E-state index in [4.69, 9.17) is 5.73 Å². The second kappa shape index (κ2) is 4.98. The summed E-state index contributed by atoms with van der Waals surface area (Å²) in [5, 5.41) is 3.78. The smallest absolute Gasteiger partial charge is 0.257 e. The molecule has 2 aromatic carbocycles. The first-order valence-corrected chi connectivity index (χ1v) is 6.80. The highest BCUT2D eigenvalue weighted by atomic mass is 16.1. The number of carbonyl (C=O) groups is 1. The van der Waals surface area contributed by atoms with Crippen molar-refractivity contribution in [3.8, 4) is 0 Å². The molecule has 0 aliphatic carbocycles. The van der Waals surface area contributed by atoms with E-state index in [2.05, 4.69) is 10.3 Å². The van der Waals surface area contributed by atoms with E-state index < -0.39 is 0 Å². The lowest BCUT2D eigenvalue weighted by molar-refractivity contribution is 0.102. The van der Waals surface area contributed by atoms with Crippen molar-refractivity contribution in [2.75, 3.05) is 11.1 Å². The summed E-state index contributed by atoms with van der Waals surface area (Å²) in [4.78, 5) is 15.6. The van der Waals surface area contributed by atoms with Crippen LogP contribution >= 0.6 is 0 Å². The molecule has 0 saturated heterocycles. The highest BCUT2D eigenvalue weighted by molar-refractivity contribution is 6.13. The molecule has 0 unspecified atom stereocenters. The Morgan fingerprint density at radius 1 is 1.14 bits per heavy atom. The minimum atomic E-state index is -0.140. The third-order valence-corrected chi connectivity index (χ3v) is 3.58. The van der Waals surface area contributed by atoms with Crippen LogP contribution in [-0.2, 0) is 0 Å². The zero-order valence-corrected chi connectivity index (χ0v) is 12.0. The first kappa shape index (κ1) is 13.2. The molecule has 0 aliphatic rings. The van der Waals surface area contributed by atoms with E-state index in [0.29, 0.717) is 11.3 Å². The van der Waals surface area contributed by atoms with Crippen molar-refractivity contribution in [2.45, 2.75) is 13.8 Å². The minimum absolute atomic E-state index is 0.140. The zero-order valence-electron chi connectivity index (χ0n) is 12.0. The summed E-state index contributed by atoms with van der Waals surface area (Å²) < 4.78 is 0. The number of benzene rings is 2. The number of rotatable bonds is 2. The molecule has 0 aliphatic heterocycles. The van der Waals surface area contributed by atoms with E-state index in [0.717, 1.165) is 22.2 Å². The van der Waals surface area contributed by atoms with Crippen molar-refractivity contribution in [1.82, 2.24) is 4.98 Å². The fourth-order valence-electron chi connectivity index (χ4n) is 2.47. The Kier molecular flexibility index (Phi) is 3.14. The number of aromatic nitrogens is 1. The quantitative estimate of drug-likeness (QED) is 0.627. The van der Waals surface area contributed by atoms with Crippen LogP contribution in [0.25, 0.3) is 10.9 Å². The third-order valence-electron chi connectivity index (χ3n) is 3.58. The number of carbonyl (C=O) groups excluding carboxylic acids is 1. The van der Waals surface area contributed by atoms with Gasteiger partial charge in [-0.2, -0.15) is 0 Å². The van der Waals surface area contributed by atoms with Gasteiger partial charge < -0.3 is 16.0 Å². The Labute approximate surface area is 123 Å². The number of hydrogen-bond donors (Lipinski definition) is 3. The summed E-state index contributed by atoms with van der Waals surface area (Å²) >= 11 is 0. The largest absolute Gasteiger partial charge is 0.399 e. The molecule has 0 spiro atoms. The van der Waals surface area contributed by atoms with Gasteiger partial charge in [0.2, 0.25) is 0 Å². The van der Waals surface area contributed by atoms with Crippen LogP contribution in [0.3, 0.4) is 0 Å². The van der Waals surface area contributed by atoms with E-state index in [1.54, 1.807) is 6.20 Å². The second-order valence-corrected chi connectivity index (χ2v) is 5.28. The van der Waals surface area contributed by atoms with Crippen LogP contribution in [0.1, 0.15) is 21.5 Å². The lowest BCUT2D eigenvalue weighted by atomic mass is 10.1. The fourth-order valence-corrected chi connectivity index (χ4v) is 2.47. The number of nitrogen functional groups attached to an aromatic ring is 1. The predicted octanol–water partition coefficient (Wildman–Crippen LogP) is 3.62. The SMILES string of the molecule is Cc1ccc(NC(=O)c2c[nH]c3ccc(N)cc23)c(C)c1. The highest BCUT2D eigenvalue weighted by Crippen LogP contribution is 2.23. The van der Waals surface area contributed by atoms with Crippen molar-refractivity contribution >= 4 is 28.2 Å². The second-order valence-electron chi connectivity index (χ2n) is 5.28. The van der Waals surface area contributed by atoms with Crippen molar-refractivity contribution in [1.29, 1.82) is 0 Å². The molecule has 21 heavy (non-hydrogen) atoms. The minimum Gasteiger partial charge on any atom is -0.399 e. The van der Waals surface area contributed by atoms with Crippen molar-refractivity contribution in [3.63, 3.8) is 0 Å². The molecular weight excluding hydrogens is 262 g/mol. The molecule has 106 valence electrons. The van der Waals surface area contributed by atoms with Crippen LogP contribution < -0.4 is 11.1 Å². The number of aryl methyl sites for hydroxylation is 2. The van der Waals surface area contributed by atoms with Gasteiger partial charge in [-0.1, -0.05) is 17.7 Å². The molecule has 0 bridgehead atoms. The molecule has 0 fully saturated rings. The van der Waals surface area contributed by atoms with E-state index >= 15 is 0 Å². The molecule has 3 aromatic rings. The maximum absolute atomic E-state index is 12.5. The van der Waals surface area contributed by atoms with E-state index in [1.807, 2.05) is 50.2 Å². The van der Waals surface area contributed by atoms with Gasteiger partial charge in [0, 0.05) is 28.5 Å². The standard InChI is InChI=1S/C17H17N3O/c1-10-3-5-15(11(2)7-10)20-17(21)14-9-19-16-6-4-12(18)8-13(14)16/h3-9,19H,18H2,1-2H3,(H,20,21). The maximum atomic E-state index is 12.5. The summed E-state index contributed by atoms with van der Waals surface area (Å²) in [5.41, 5.74) is 11.0. The van der Waals surface area contributed by atoms with Gasteiger partial charge in [0.1, 0.15) is 0 Å². The number of nitrogens with one attached hydrogen (secondary N) is 2. The molecule has 0 atom stereocenters. The summed E-state index contributed by atoms with van der Waals surface area (Å²) in [6.07, 6.45) is 1.71. The topological polar surface area (TPSA) is 70.9 Å². The van der Waals surface area contributed by atoms with Crippen molar-refractivity contribution < 1.29 is 4.79 Å². The van der Waals surface area contributed by atoms with Crippen LogP contribution in [0.4, 0.5) is 11.4 Å². The molecule has 1 heterocycles. The first-order valence-electron chi connectivity index (χ1n) is 6.80. The van der Waals surface area contributed by atoms with Gasteiger partial charge >= 0.3 is 0 Å².